The van der Waals surface area contributed by atoms with Gasteiger partial charge in [0, 0.05) is 13.0 Å². The number of hydrogen-bond acceptors (Lipinski definition) is 3. The Balaban J connectivity index is 1.94. The van der Waals surface area contributed by atoms with Gasteiger partial charge in [0.25, 0.3) is 0 Å². The Labute approximate surface area is 107 Å². The summed E-state index contributed by atoms with van der Waals surface area (Å²) in [5.41, 5.74) is 0.554. The summed E-state index contributed by atoms with van der Waals surface area (Å²) in [6.07, 6.45) is 0.603. The molecule has 1 aliphatic rings. The fourth-order valence-corrected chi connectivity index (χ4v) is 2.01. The van der Waals surface area contributed by atoms with Crippen LogP contribution in [-0.2, 0) is 4.74 Å². The molecule has 0 saturated heterocycles. The Kier molecular flexibility index (Phi) is 4.19. The predicted molar refractivity (Wildman–Crippen MR) is 66.2 cm³/mol. The molecular weight excluding hydrogens is 235 g/mol. The Hall–Kier alpha value is -1.13. The molecule has 3 nitrogen and oxygen atoms in total. The van der Waals surface area contributed by atoms with Crippen molar-refractivity contribution in [1.29, 1.82) is 0 Å². The van der Waals surface area contributed by atoms with Gasteiger partial charge in [0.1, 0.15) is 23.8 Å². The predicted octanol–water partition coefficient (Wildman–Crippen LogP) is 2.44. The number of hydrogen-bond donors (Lipinski definition) is 1. The molecule has 0 bridgehead atoms. The van der Waals surface area contributed by atoms with Crippen LogP contribution in [0.5, 0.6) is 5.75 Å². The van der Waals surface area contributed by atoms with E-state index in [1.54, 1.807) is 19.1 Å². The van der Waals surface area contributed by atoms with Crippen LogP contribution in [0.2, 0.25) is 0 Å². The van der Waals surface area contributed by atoms with Crippen LogP contribution in [0.1, 0.15) is 25.3 Å². The highest BCUT2D eigenvalue weighted by Crippen LogP contribution is 2.29. The number of ether oxygens (including phenoxy) is 2. The monoisotopic (exact) mass is 254 g/mol. The molecule has 4 heteroatoms. The van der Waals surface area contributed by atoms with Gasteiger partial charge in [-0.1, -0.05) is 6.92 Å². The van der Waals surface area contributed by atoms with E-state index in [9.17, 15) is 9.50 Å². The molecular formula is C14H19FO3. The van der Waals surface area contributed by atoms with Gasteiger partial charge in [-0.05, 0) is 37.1 Å². The zero-order valence-corrected chi connectivity index (χ0v) is 10.7. The average Bonchev–Trinajstić information content (AvgIpc) is 2.33. The molecule has 1 aromatic carbocycles. The highest BCUT2D eigenvalue weighted by atomic mass is 19.1. The van der Waals surface area contributed by atoms with E-state index in [4.69, 9.17) is 9.47 Å². The third-order valence-corrected chi connectivity index (χ3v) is 3.15. The van der Waals surface area contributed by atoms with Gasteiger partial charge >= 0.3 is 0 Å². The molecule has 3 atom stereocenters. The van der Waals surface area contributed by atoms with Gasteiger partial charge < -0.3 is 14.6 Å². The summed E-state index contributed by atoms with van der Waals surface area (Å²) in [5.74, 6) is 0.380. The van der Waals surface area contributed by atoms with E-state index in [1.165, 1.54) is 6.07 Å². The van der Waals surface area contributed by atoms with Gasteiger partial charge in [0.2, 0.25) is 0 Å². The van der Waals surface area contributed by atoms with Crippen molar-refractivity contribution in [2.75, 3.05) is 6.61 Å². The Morgan fingerprint density at radius 2 is 2.22 bits per heavy atom. The minimum atomic E-state index is -0.455. The fraction of sp³-hybridized carbons (Fsp3) is 0.571. The maximum absolute atomic E-state index is 13.1. The van der Waals surface area contributed by atoms with E-state index in [-0.39, 0.29) is 18.0 Å². The summed E-state index contributed by atoms with van der Waals surface area (Å²) in [7, 11) is 0. The van der Waals surface area contributed by atoms with E-state index in [1.807, 2.05) is 6.92 Å². The van der Waals surface area contributed by atoms with Crippen LogP contribution in [0.3, 0.4) is 0 Å². The number of aryl methyl sites for hydroxylation is 1. The van der Waals surface area contributed by atoms with Gasteiger partial charge in [-0.2, -0.15) is 0 Å². The third-order valence-electron chi connectivity index (χ3n) is 3.15. The van der Waals surface area contributed by atoms with Crippen LogP contribution in [-0.4, -0.2) is 30.0 Å². The lowest BCUT2D eigenvalue weighted by molar-refractivity contribution is -0.162. The molecule has 100 valence electrons. The highest BCUT2D eigenvalue weighted by molar-refractivity contribution is 5.29. The first-order valence-electron chi connectivity index (χ1n) is 6.34. The van der Waals surface area contributed by atoms with Crippen LogP contribution >= 0.6 is 0 Å². The Morgan fingerprint density at radius 3 is 2.83 bits per heavy atom. The average molecular weight is 254 g/mol. The first kappa shape index (κ1) is 13.3. The standard InChI is InChI=1S/C14H19FO3/c1-3-6-17-14-12(16)8-13(14)18-10-4-5-11(15)9(2)7-10/h4-5,7,12-14,16H,3,6,8H2,1-2H3. The minimum absolute atomic E-state index is 0.142. The van der Waals surface area contributed by atoms with Crippen molar-refractivity contribution in [1.82, 2.24) is 0 Å². The van der Waals surface area contributed by atoms with Gasteiger partial charge in [0.05, 0.1) is 6.10 Å². The molecule has 0 heterocycles. The second-order valence-corrected chi connectivity index (χ2v) is 4.71. The number of halogens is 1. The number of rotatable bonds is 5. The second-order valence-electron chi connectivity index (χ2n) is 4.71. The fourth-order valence-electron chi connectivity index (χ4n) is 2.01. The molecule has 2 rings (SSSR count). The molecule has 0 radical (unpaired) electrons. The molecule has 0 spiro atoms. The van der Waals surface area contributed by atoms with E-state index < -0.39 is 6.10 Å². The largest absolute Gasteiger partial charge is 0.487 e. The Bertz CT molecular complexity index is 408. The molecule has 0 aromatic heterocycles. The van der Waals surface area contributed by atoms with E-state index in [2.05, 4.69) is 0 Å². The number of aliphatic hydroxyl groups is 1. The lowest BCUT2D eigenvalue weighted by atomic mass is 9.88. The first-order valence-corrected chi connectivity index (χ1v) is 6.34. The highest BCUT2D eigenvalue weighted by Gasteiger charge is 2.42. The molecule has 3 unspecified atom stereocenters. The van der Waals surface area contributed by atoms with Crippen molar-refractivity contribution in [3.05, 3.63) is 29.6 Å². The summed E-state index contributed by atoms with van der Waals surface area (Å²) in [4.78, 5) is 0. The lowest BCUT2D eigenvalue weighted by Crippen LogP contribution is -2.55. The second kappa shape index (κ2) is 5.67. The van der Waals surface area contributed by atoms with Crippen molar-refractivity contribution < 1.29 is 19.0 Å². The SMILES string of the molecule is CCCOC1C(O)CC1Oc1ccc(F)c(C)c1. The van der Waals surface area contributed by atoms with Gasteiger partial charge in [-0.3, -0.25) is 0 Å². The zero-order valence-electron chi connectivity index (χ0n) is 10.7. The van der Waals surface area contributed by atoms with Gasteiger partial charge in [-0.15, -0.1) is 0 Å². The molecule has 0 amide bonds. The zero-order chi connectivity index (χ0) is 13.1. The maximum atomic E-state index is 13.1. The number of benzene rings is 1. The smallest absolute Gasteiger partial charge is 0.130 e. The summed E-state index contributed by atoms with van der Waals surface area (Å²) < 4.78 is 24.4. The molecule has 0 aliphatic heterocycles. The summed E-state index contributed by atoms with van der Waals surface area (Å²) in [5, 5.41) is 9.62. The van der Waals surface area contributed by atoms with Crippen molar-refractivity contribution >= 4 is 0 Å². The van der Waals surface area contributed by atoms with Crippen molar-refractivity contribution in [2.24, 2.45) is 0 Å². The van der Waals surface area contributed by atoms with E-state index >= 15 is 0 Å². The van der Waals surface area contributed by atoms with Crippen molar-refractivity contribution in [3.8, 4) is 5.75 Å². The van der Waals surface area contributed by atoms with Crippen LogP contribution in [0.4, 0.5) is 4.39 Å². The topological polar surface area (TPSA) is 38.7 Å². The molecule has 18 heavy (non-hydrogen) atoms. The van der Waals surface area contributed by atoms with Crippen molar-refractivity contribution in [2.45, 2.75) is 45.0 Å². The van der Waals surface area contributed by atoms with E-state index in [0.29, 0.717) is 24.3 Å². The quantitative estimate of drug-likeness (QED) is 0.877. The molecule has 1 N–H and O–H groups in total. The number of aliphatic hydroxyl groups excluding tert-OH is 1. The van der Waals surface area contributed by atoms with Crippen molar-refractivity contribution in [3.63, 3.8) is 0 Å². The van der Waals surface area contributed by atoms with Crippen LogP contribution in [0.15, 0.2) is 18.2 Å². The molecule has 1 aliphatic carbocycles. The molecule has 1 saturated carbocycles. The Morgan fingerprint density at radius 1 is 1.44 bits per heavy atom. The molecule has 1 fully saturated rings. The molecule has 1 aromatic rings. The van der Waals surface area contributed by atoms with Crippen LogP contribution < -0.4 is 4.74 Å². The maximum Gasteiger partial charge on any atom is 0.130 e. The first-order chi connectivity index (χ1) is 8.61. The third kappa shape index (κ3) is 2.82. The van der Waals surface area contributed by atoms with Gasteiger partial charge in [0.15, 0.2) is 0 Å². The van der Waals surface area contributed by atoms with Gasteiger partial charge in [-0.25, -0.2) is 4.39 Å². The van der Waals surface area contributed by atoms with Crippen LogP contribution in [0.25, 0.3) is 0 Å². The summed E-state index contributed by atoms with van der Waals surface area (Å²) in [6, 6.07) is 4.66. The normalized spacial score (nSPS) is 26.8. The summed E-state index contributed by atoms with van der Waals surface area (Å²) in [6.45, 7) is 4.33. The van der Waals surface area contributed by atoms with E-state index in [0.717, 1.165) is 6.42 Å². The lowest BCUT2D eigenvalue weighted by Gasteiger charge is -2.40. The summed E-state index contributed by atoms with van der Waals surface area (Å²) >= 11 is 0. The minimum Gasteiger partial charge on any atom is -0.487 e. The van der Waals surface area contributed by atoms with Crippen LogP contribution in [0, 0.1) is 12.7 Å².